The maximum Gasteiger partial charge on any atom is 0.257 e. The summed E-state index contributed by atoms with van der Waals surface area (Å²) < 4.78 is 25.2. The highest BCUT2D eigenvalue weighted by Gasteiger charge is 2.23. The van der Waals surface area contributed by atoms with Gasteiger partial charge in [-0.05, 0) is 37.1 Å². The lowest BCUT2D eigenvalue weighted by atomic mass is 10.0. The van der Waals surface area contributed by atoms with Crippen LogP contribution in [0, 0.1) is 0 Å². The minimum absolute atomic E-state index is 0.0671. The van der Waals surface area contributed by atoms with Crippen molar-refractivity contribution in [2.45, 2.75) is 24.2 Å². The number of fused-ring (bicyclic) bond motifs is 1. The molecule has 1 heterocycles. The predicted octanol–water partition coefficient (Wildman–Crippen LogP) is 2.16. The van der Waals surface area contributed by atoms with Gasteiger partial charge in [0.25, 0.3) is 5.91 Å². The number of carbonyl (C=O) groups is 2. The number of thiazole rings is 1. The van der Waals surface area contributed by atoms with Gasteiger partial charge in [0.1, 0.15) is 0 Å². The zero-order valence-electron chi connectivity index (χ0n) is 13.8. The van der Waals surface area contributed by atoms with E-state index in [0.29, 0.717) is 22.0 Å². The Kier molecular flexibility index (Phi) is 4.72. The van der Waals surface area contributed by atoms with E-state index in [1.807, 2.05) is 0 Å². The molecule has 3 rings (SSSR count). The van der Waals surface area contributed by atoms with Gasteiger partial charge in [-0.1, -0.05) is 11.3 Å². The minimum atomic E-state index is -3.53. The van der Waals surface area contributed by atoms with Crippen molar-refractivity contribution in [2.24, 2.45) is 0 Å². The first-order chi connectivity index (χ1) is 11.8. The van der Waals surface area contributed by atoms with Gasteiger partial charge in [0, 0.05) is 26.1 Å². The van der Waals surface area contributed by atoms with Gasteiger partial charge in [-0.25, -0.2) is 17.7 Å². The van der Waals surface area contributed by atoms with Crippen molar-refractivity contribution in [2.75, 3.05) is 19.4 Å². The molecule has 0 saturated heterocycles. The van der Waals surface area contributed by atoms with E-state index in [0.717, 1.165) is 22.8 Å². The molecule has 1 aromatic heterocycles. The number of aryl methyl sites for hydroxylation is 1. The first-order valence-corrected chi connectivity index (χ1v) is 9.91. The van der Waals surface area contributed by atoms with Crippen molar-refractivity contribution >= 4 is 38.2 Å². The third-order valence-corrected chi connectivity index (χ3v) is 6.77. The van der Waals surface area contributed by atoms with Gasteiger partial charge in [0.05, 0.1) is 15.5 Å². The van der Waals surface area contributed by atoms with Crippen molar-refractivity contribution in [1.29, 1.82) is 0 Å². The monoisotopic (exact) mass is 379 g/mol. The van der Waals surface area contributed by atoms with Crippen LogP contribution in [-0.2, 0) is 16.4 Å². The molecule has 0 radical (unpaired) electrons. The molecule has 1 aliphatic rings. The van der Waals surface area contributed by atoms with Gasteiger partial charge in [-0.15, -0.1) is 0 Å². The molecule has 2 aromatic rings. The molecule has 132 valence electrons. The largest absolute Gasteiger partial charge is 0.298 e. The second kappa shape index (κ2) is 6.66. The fourth-order valence-corrected chi connectivity index (χ4v) is 4.36. The molecular formula is C16H17N3O4S2. The van der Waals surface area contributed by atoms with E-state index in [2.05, 4.69) is 10.3 Å². The number of ketones is 1. The van der Waals surface area contributed by atoms with Crippen LogP contribution in [0.4, 0.5) is 5.13 Å². The summed E-state index contributed by atoms with van der Waals surface area (Å²) >= 11 is 1.18. The van der Waals surface area contributed by atoms with E-state index in [1.165, 1.54) is 49.7 Å². The first kappa shape index (κ1) is 17.7. The number of nitrogens with one attached hydrogen (secondary N) is 1. The van der Waals surface area contributed by atoms with Gasteiger partial charge in [0.15, 0.2) is 10.9 Å². The lowest BCUT2D eigenvalue weighted by Crippen LogP contribution is -2.22. The summed E-state index contributed by atoms with van der Waals surface area (Å²) in [6.45, 7) is 0. The van der Waals surface area contributed by atoms with Gasteiger partial charge >= 0.3 is 0 Å². The molecule has 0 unspecified atom stereocenters. The molecule has 1 aliphatic carbocycles. The average molecular weight is 379 g/mol. The lowest BCUT2D eigenvalue weighted by molar-refractivity contribution is 0.0975. The zero-order chi connectivity index (χ0) is 18.2. The number of hydrogen-bond donors (Lipinski definition) is 1. The van der Waals surface area contributed by atoms with E-state index in [4.69, 9.17) is 0 Å². The molecule has 0 aliphatic heterocycles. The summed E-state index contributed by atoms with van der Waals surface area (Å²) in [7, 11) is -0.641. The SMILES string of the molecule is CN(C)S(=O)(=O)c1ccc(C(=O)Nc2nc3c(s2)C(=O)CCC3)cc1. The maximum atomic E-state index is 12.3. The Balaban J connectivity index is 1.77. The summed E-state index contributed by atoms with van der Waals surface area (Å²) in [5.74, 6) is -0.329. The molecule has 1 amide bonds. The number of aromatic nitrogens is 1. The van der Waals surface area contributed by atoms with Crippen LogP contribution in [0.25, 0.3) is 0 Å². The van der Waals surface area contributed by atoms with Gasteiger partial charge < -0.3 is 0 Å². The molecule has 0 bridgehead atoms. The van der Waals surface area contributed by atoms with Crippen LogP contribution >= 0.6 is 11.3 Å². The fraction of sp³-hybridized carbons (Fsp3) is 0.312. The number of benzene rings is 1. The molecule has 1 aromatic carbocycles. The highest BCUT2D eigenvalue weighted by Crippen LogP contribution is 2.29. The second-order valence-corrected chi connectivity index (χ2v) is 8.99. The van der Waals surface area contributed by atoms with Crippen molar-refractivity contribution in [3.05, 3.63) is 40.4 Å². The van der Waals surface area contributed by atoms with Crippen LogP contribution in [0.15, 0.2) is 29.2 Å². The van der Waals surface area contributed by atoms with Crippen LogP contribution < -0.4 is 5.32 Å². The number of sulfonamides is 1. The number of hydrogen-bond acceptors (Lipinski definition) is 6. The molecular weight excluding hydrogens is 362 g/mol. The molecule has 7 nitrogen and oxygen atoms in total. The number of amides is 1. The summed E-state index contributed by atoms with van der Waals surface area (Å²) in [5, 5.41) is 3.06. The van der Waals surface area contributed by atoms with E-state index in [1.54, 1.807) is 0 Å². The predicted molar refractivity (Wildman–Crippen MR) is 94.7 cm³/mol. The molecule has 9 heteroatoms. The Hall–Kier alpha value is -2.10. The number of Topliss-reactive ketones (excluding diaryl/α,β-unsaturated/α-hetero) is 1. The Morgan fingerprint density at radius 2 is 1.88 bits per heavy atom. The van der Waals surface area contributed by atoms with E-state index < -0.39 is 15.9 Å². The van der Waals surface area contributed by atoms with E-state index >= 15 is 0 Å². The molecule has 25 heavy (non-hydrogen) atoms. The van der Waals surface area contributed by atoms with Crippen LogP contribution in [0.2, 0.25) is 0 Å². The summed E-state index contributed by atoms with van der Waals surface area (Å²) in [5.41, 5.74) is 1.06. The van der Waals surface area contributed by atoms with Crippen molar-refractivity contribution < 1.29 is 18.0 Å². The van der Waals surface area contributed by atoms with E-state index in [-0.39, 0.29) is 10.7 Å². The van der Waals surface area contributed by atoms with Crippen LogP contribution in [-0.4, -0.2) is 43.5 Å². The number of anilines is 1. The molecule has 0 saturated carbocycles. The smallest absolute Gasteiger partial charge is 0.257 e. The zero-order valence-corrected chi connectivity index (χ0v) is 15.4. The quantitative estimate of drug-likeness (QED) is 0.878. The lowest BCUT2D eigenvalue weighted by Gasteiger charge is -2.11. The molecule has 0 atom stereocenters. The summed E-state index contributed by atoms with van der Waals surface area (Å²) in [6, 6.07) is 5.68. The topological polar surface area (TPSA) is 96.4 Å². The van der Waals surface area contributed by atoms with Gasteiger partial charge in [-0.2, -0.15) is 0 Å². The van der Waals surface area contributed by atoms with Crippen molar-refractivity contribution in [1.82, 2.24) is 9.29 Å². The highest BCUT2D eigenvalue weighted by molar-refractivity contribution is 7.89. The van der Waals surface area contributed by atoms with Crippen molar-refractivity contribution in [3.8, 4) is 0 Å². The summed E-state index contributed by atoms with van der Waals surface area (Å²) in [4.78, 5) is 29.2. The Bertz CT molecular complexity index is 931. The Morgan fingerprint density at radius 1 is 1.20 bits per heavy atom. The highest BCUT2D eigenvalue weighted by atomic mass is 32.2. The van der Waals surface area contributed by atoms with Gasteiger partial charge in [-0.3, -0.25) is 14.9 Å². The maximum absolute atomic E-state index is 12.3. The molecule has 0 spiro atoms. The average Bonchev–Trinajstić information content (AvgIpc) is 2.98. The van der Waals surface area contributed by atoms with E-state index in [9.17, 15) is 18.0 Å². The number of nitrogens with zero attached hydrogens (tertiary/aromatic N) is 2. The third-order valence-electron chi connectivity index (χ3n) is 3.88. The minimum Gasteiger partial charge on any atom is -0.298 e. The third kappa shape index (κ3) is 3.48. The fourth-order valence-electron chi connectivity index (χ4n) is 2.48. The standard InChI is InChI=1S/C16H17N3O4S2/c1-19(2)25(22,23)11-8-6-10(7-9-11)15(21)18-16-17-12-4-3-5-13(20)14(12)24-16/h6-9H,3-5H2,1-2H3,(H,17,18,21). The normalized spacial score (nSPS) is 14.4. The van der Waals surface area contributed by atoms with Crippen LogP contribution in [0.1, 0.15) is 38.6 Å². The molecule has 1 N–H and O–H groups in total. The summed E-state index contributed by atoms with van der Waals surface area (Å²) in [6.07, 6.45) is 2.04. The Morgan fingerprint density at radius 3 is 2.48 bits per heavy atom. The van der Waals surface area contributed by atoms with Crippen molar-refractivity contribution in [3.63, 3.8) is 0 Å². The first-order valence-electron chi connectivity index (χ1n) is 7.66. The second-order valence-electron chi connectivity index (χ2n) is 5.84. The van der Waals surface area contributed by atoms with Gasteiger partial charge in [0.2, 0.25) is 10.0 Å². The number of carbonyl (C=O) groups excluding carboxylic acids is 2. The molecule has 0 fully saturated rings. The van der Waals surface area contributed by atoms with Crippen LogP contribution in [0.3, 0.4) is 0 Å². The number of rotatable bonds is 4. The Labute approximate surface area is 149 Å². The van der Waals surface area contributed by atoms with Crippen LogP contribution in [0.5, 0.6) is 0 Å².